The van der Waals surface area contributed by atoms with Gasteiger partial charge in [-0.05, 0) is 18.7 Å². The van der Waals surface area contributed by atoms with Crippen LogP contribution in [0.1, 0.15) is 19.4 Å². The zero-order chi connectivity index (χ0) is 15.5. The molecule has 7 heteroatoms. The van der Waals surface area contributed by atoms with E-state index in [1.54, 1.807) is 12.3 Å². The van der Waals surface area contributed by atoms with Gasteiger partial charge in [0.25, 0.3) is 10.0 Å². The van der Waals surface area contributed by atoms with E-state index >= 15 is 0 Å². The summed E-state index contributed by atoms with van der Waals surface area (Å²) in [4.78, 5) is 6.26. The van der Waals surface area contributed by atoms with Crippen LogP contribution in [0.15, 0.2) is 23.4 Å². The molecule has 0 saturated carbocycles. The van der Waals surface area contributed by atoms with Crippen LogP contribution in [-0.2, 0) is 16.6 Å². The van der Waals surface area contributed by atoms with Crippen LogP contribution in [0.4, 0.5) is 0 Å². The van der Waals surface area contributed by atoms with Crippen LogP contribution in [0.2, 0.25) is 0 Å². The molecule has 6 nitrogen and oxygen atoms in total. The quantitative estimate of drug-likeness (QED) is 0.858. The van der Waals surface area contributed by atoms with E-state index in [4.69, 9.17) is 0 Å². The number of nitrogens with one attached hydrogen (secondary N) is 1. The van der Waals surface area contributed by atoms with Crippen molar-refractivity contribution in [1.82, 2.24) is 19.5 Å². The second-order valence-corrected chi connectivity index (χ2v) is 7.63. The summed E-state index contributed by atoms with van der Waals surface area (Å²) in [6.07, 6.45) is 1.64. The highest BCUT2D eigenvalue weighted by molar-refractivity contribution is 7.89. The van der Waals surface area contributed by atoms with Gasteiger partial charge in [-0.2, -0.15) is 4.31 Å². The Balaban J connectivity index is 2.06. The van der Waals surface area contributed by atoms with E-state index in [-0.39, 0.29) is 5.03 Å². The molecule has 118 valence electrons. The van der Waals surface area contributed by atoms with Gasteiger partial charge in [0.05, 0.1) is 0 Å². The molecular formula is C14H24N4O2S. The molecule has 2 heterocycles. The van der Waals surface area contributed by atoms with Crippen molar-refractivity contribution in [2.75, 3.05) is 33.2 Å². The van der Waals surface area contributed by atoms with Gasteiger partial charge in [0, 0.05) is 45.0 Å². The predicted molar refractivity (Wildman–Crippen MR) is 82.5 cm³/mol. The van der Waals surface area contributed by atoms with Crippen molar-refractivity contribution in [1.29, 1.82) is 0 Å². The smallest absolute Gasteiger partial charge is 0.260 e. The number of nitrogens with zero attached hydrogens (tertiary/aromatic N) is 3. The molecular weight excluding hydrogens is 288 g/mol. The molecule has 1 aliphatic rings. The van der Waals surface area contributed by atoms with Crippen LogP contribution in [-0.4, -0.2) is 61.9 Å². The van der Waals surface area contributed by atoms with Crippen molar-refractivity contribution in [3.63, 3.8) is 0 Å². The van der Waals surface area contributed by atoms with Gasteiger partial charge in [0.15, 0.2) is 5.03 Å². The van der Waals surface area contributed by atoms with Gasteiger partial charge in [-0.15, -0.1) is 0 Å². The Bertz CT molecular complexity index is 549. The van der Waals surface area contributed by atoms with Crippen LogP contribution in [0, 0.1) is 0 Å². The van der Waals surface area contributed by atoms with Gasteiger partial charge in [0.1, 0.15) is 0 Å². The monoisotopic (exact) mass is 312 g/mol. The fourth-order valence-corrected chi connectivity index (χ4v) is 3.49. The molecule has 0 atom stereocenters. The van der Waals surface area contributed by atoms with Crippen molar-refractivity contribution >= 4 is 10.0 Å². The van der Waals surface area contributed by atoms with Gasteiger partial charge in [0.2, 0.25) is 0 Å². The number of sulfonamides is 1. The zero-order valence-electron chi connectivity index (χ0n) is 12.9. The van der Waals surface area contributed by atoms with E-state index in [2.05, 4.69) is 29.0 Å². The van der Waals surface area contributed by atoms with Crippen LogP contribution in [0.5, 0.6) is 0 Å². The Hall–Kier alpha value is -1.02. The summed E-state index contributed by atoms with van der Waals surface area (Å²) in [5.74, 6) is 0. The third-order valence-electron chi connectivity index (χ3n) is 3.58. The number of pyridine rings is 1. The summed E-state index contributed by atoms with van der Waals surface area (Å²) in [6.45, 7) is 7.40. The van der Waals surface area contributed by atoms with Gasteiger partial charge in [-0.3, -0.25) is 0 Å². The summed E-state index contributed by atoms with van der Waals surface area (Å²) < 4.78 is 26.5. The highest BCUT2D eigenvalue weighted by Crippen LogP contribution is 2.15. The van der Waals surface area contributed by atoms with Gasteiger partial charge in [-0.25, -0.2) is 13.4 Å². The lowest BCUT2D eigenvalue weighted by atomic mass is 10.2. The minimum atomic E-state index is -3.46. The van der Waals surface area contributed by atoms with Gasteiger partial charge < -0.3 is 10.2 Å². The fourth-order valence-electron chi connectivity index (χ4n) is 2.15. The molecule has 0 aromatic carbocycles. The predicted octanol–water partition coefficient (Wildman–Crippen LogP) is 0.516. The Morgan fingerprint density at radius 3 is 2.43 bits per heavy atom. The topological polar surface area (TPSA) is 65.5 Å². The number of aromatic nitrogens is 1. The lowest BCUT2D eigenvalue weighted by Gasteiger charge is -2.31. The second kappa shape index (κ2) is 6.83. The second-order valence-electron chi connectivity index (χ2n) is 5.75. The van der Waals surface area contributed by atoms with Crippen LogP contribution >= 0.6 is 0 Å². The highest BCUT2D eigenvalue weighted by atomic mass is 32.2. The number of rotatable bonds is 5. The maximum atomic E-state index is 12.5. The standard InChI is InChI=1S/C14H24N4O2S/c1-12(2)15-10-13-4-5-14(16-11-13)21(19,20)18-8-6-17(3)7-9-18/h4-5,11-12,15H,6-10H2,1-3H3. The lowest BCUT2D eigenvalue weighted by Crippen LogP contribution is -2.47. The first-order chi connectivity index (χ1) is 9.89. The summed E-state index contributed by atoms with van der Waals surface area (Å²) >= 11 is 0. The van der Waals surface area contributed by atoms with Crippen LogP contribution < -0.4 is 5.32 Å². The molecule has 0 aliphatic carbocycles. The van der Waals surface area contributed by atoms with E-state index in [9.17, 15) is 8.42 Å². The number of likely N-dealkylation sites (N-methyl/N-ethyl adjacent to an activating group) is 1. The third-order valence-corrected chi connectivity index (χ3v) is 5.39. The largest absolute Gasteiger partial charge is 0.310 e. The Morgan fingerprint density at radius 1 is 1.24 bits per heavy atom. The molecule has 0 spiro atoms. The van der Waals surface area contributed by atoms with Crippen molar-refractivity contribution in [2.45, 2.75) is 31.5 Å². The molecule has 1 saturated heterocycles. The average Bonchev–Trinajstić information content (AvgIpc) is 2.46. The van der Waals surface area contributed by atoms with E-state index < -0.39 is 10.0 Å². The maximum Gasteiger partial charge on any atom is 0.260 e. The number of hydrogen-bond acceptors (Lipinski definition) is 5. The van der Waals surface area contributed by atoms with E-state index in [1.165, 1.54) is 4.31 Å². The minimum absolute atomic E-state index is 0.139. The molecule has 1 aromatic heterocycles. The van der Waals surface area contributed by atoms with Crippen molar-refractivity contribution in [3.05, 3.63) is 23.9 Å². The minimum Gasteiger partial charge on any atom is -0.310 e. The normalized spacial score (nSPS) is 18.3. The SMILES string of the molecule is CC(C)NCc1ccc(S(=O)(=O)N2CCN(C)CC2)nc1. The van der Waals surface area contributed by atoms with Crippen LogP contribution in [0.3, 0.4) is 0 Å². The molecule has 0 unspecified atom stereocenters. The first-order valence-corrected chi connectivity index (χ1v) is 8.70. The summed E-state index contributed by atoms with van der Waals surface area (Å²) in [7, 11) is -1.46. The van der Waals surface area contributed by atoms with Crippen molar-refractivity contribution in [3.8, 4) is 0 Å². The molecule has 1 aliphatic heterocycles. The fraction of sp³-hybridized carbons (Fsp3) is 0.643. The Labute approximate surface area is 127 Å². The Kier molecular flexibility index (Phi) is 5.32. The van der Waals surface area contributed by atoms with Crippen molar-refractivity contribution in [2.24, 2.45) is 0 Å². The molecule has 21 heavy (non-hydrogen) atoms. The molecule has 1 N–H and O–H groups in total. The summed E-state index contributed by atoms with van der Waals surface area (Å²) in [5, 5.41) is 3.42. The summed E-state index contributed by atoms with van der Waals surface area (Å²) in [5.41, 5.74) is 0.987. The Morgan fingerprint density at radius 2 is 1.90 bits per heavy atom. The molecule has 2 rings (SSSR count). The number of piperazine rings is 1. The molecule has 0 amide bonds. The molecule has 0 bridgehead atoms. The van der Waals surface area contributed by atoms with Gasteiger partial charge in [-0.1, -0.05) is 19.9 Å². The molecule has 1 aromatic rings. The molecule has 1 fully saturated rings. The summed E-state index contributed by atoms with van der Waals surface area (Å²) in [6, 6.07) is 3.81. The van der Waals surface area contributed by atoms with E-state index in [0.717, 1.165) is 18.7 Å². The first-order valence-electron chi connectivity index (χ1n) is 7.26. The van der Waals surface area contributed by atoms with Crippen molar-refractivity contribution < 1.29 is 8.42 Å². The zero-order valence-corrected chi connectivity index (χ0v) is 13.7. The molecule has 0 radical (unpaired) electrons. The van der Waals surface area contributed by atoms with E-state index in [0.29, 0.717) is 25.7 Å². The highest BCUT2D eigenvalue weighted by Gasteiger charge is 2.28. The van der Waals surface area contributed by atoms with Crippen LogP contribution in [0.25, 0.3) is 0 Å². The number of hydrogen-bond donors (Lipinski definition) is 1. The maximum absolute atomic E-state index is 12.5. The lowest BCUT2D eigenvalue weighted by molar-refractivity contribution is 0.222. The van der Waals surface area contributed by atoms with Gasteiger partial charge >= 0.3 is 0 Å². The first kappa shape index (κ1) is 16.4. The van der Waals surface area contributed by atoms with E-state index in [1.807, 2.05) is 13.1 Å². The average molecular weight is 312 g/mol. The third kappa shape index (κ3) is 4.23.